The fourth-order valence-electron chi connectivity index (χ4n) is 3.16. The Hall–Kier alpha value is -2.10. The SMILES string of the molecule is CC(C)NCCCC[C@@H](NC1CSc2ccccc2N(CC(=O)O)C1=O)C(=O)O. The number of nitrogens with one attached hydrogen (secondary N) is 2. The fraction of sp³-hybridized carbons (Fsp3) is 0.550. The number of rotatable bonds is 11. The van der Waals surface area contributed by atoms with Crippen molar-refractivity contribution in [2.24, 2.45) is 0 Å². The Kier molecular flexibility index (Phi) is 8.94. The third-order valence-electron chi connectivity index (χ3n) is 4.59. The number of thioether (sulfide) groups is 1. The molecule has 1 aliphatic heterocycles. The Morgan fingerprint density at radius 1 is 1.24 bits per heavy atom. The van der Waals surface area contributed by atoms with E-state index in [0.717, 1.165) is 17.9 Å². The molecule has 0 saturated heterocycles. The van der Waals surface area contributed by atoms with Crippen molar-refractivity contribution in [3.8, 4) is 0 Å². The van der Waals surface area contributed by atoms with Gasteiger partial charge < -0.3 is 15.5 Å². The first-order valence-electron chi connectivity index (χ1n) is 9.76. The lowest BCUT2D eigenvalue weighted by Crippen LogP contribution is -2.53. The first kappa shape index (κ1) is 23.2. The number of benzene rings is 1. The lowest BCUT2D eigenvalue weighted by molar-refractivity contribution is -0.140. The highest BCUT2D eigenvalue weighted by Gasteiger charge is 2.34. The van der Waals surface area contributed by atoms with Crippen molar-refractivity contribution in [3.05, 3.63) is 24.3 Å². The van der Waals surface area contributed by atoms with Gasteiger partial charge in [-0.3, -0.25) is 24.6 Å². The summed E-state index contributed by atoms with van der Waals surface area (Å²) < 4.78 is 0. The molecule has 1 aromatic carbocycles. The number of nitrogens with zero attached hydrogens (tertiary/aromatic N) is 1. The second-order valence-electron chi connectivity index (χ2n) is 7.31. The van der Waals surface area contributed by atoms with Gasteiger partial charge in [0.15, 0.2) is 0 Å². The number of unbranched alkanes of at least 4 members (excludes halogenated alkanes) is 1. The number of para-hydroxylation sites is 1. The molecule has 1 aliphatic rings. The molecule has 0 radical (unpaired) electrons. The van der Waals surface area contributed by atoms with Crippen LogP contribution in [0.2, 0.25) is 0 Å². The summed E-state index contributed by atoms with van der Waals surface area (Å²) >= 11 is 1.42. The second-order valence-corrected chi connectivity index (χ2v) is 8.37. The summed E-state index contributed by atoms with van der Waals surface area (Å²) in [6.07, 6.45) is 1.94. The standard InChI is InChI=1S/C20H29N3O5S/c1-13(2)21-10-6-5-7-14(20(27)28)22-15-12-29-17-9-4-3-8-16(17)23(19(15)26)11-18(24)25/h3-4,8-9,13-15,21-22H,5-7,10-12H2,1-2H3,(H,24,25)(H,27,28)/t14-,15?/m1/s1. The van der Waals surface area contributed by atoms with Crippen molar-refractivity contribution in [1.82, 2.24) is 10.6 Å². The van der Waals surface area contributed by atoms with E-state index in [4.69, 9.17) is 0 Å². The number of carbonyl (C=O) groups excluding carboxylic acids is 1. The van der Waals surface area contributed by atoms with Gasteiger partial charge in [-0.1, -0.05) is 32.4 Å². The van der Waals surface area contributed by atoms with Gasteiger partial charge in [0, 0.05) is 16.7 Å². The summed E-state index contributed by atoms with van der Waals surface area (Å²) in [4.78, 5) is 38.1. The van der Waals surface area contributed by atoms with E-state index in [0.29, 0.717) is 30.3 Å². The number of fused-ring (bicyclic) bond motifs is 1. The Morgan fingerprint density at radius 3 is 2.62 bits per heavy atom. The molecule has 4 N–H and O–H groups in total. The van der Waals surface area contributed by atoms with Crippen molar-refractivity contribution in [2.75, 3.05) is 23.7 Å². The monoisotopic (exact) mass is 423 g/mol. The van der Waals surface area contributed by atoms with Crippen molar-refractivity contribution >= 4 is 35.3 Å². The predicted octanol–water partition coefficient (Wildman–Crippen LogP) is 1.79. The highest BCUT2D eigenvalue weighted by atomic mass is 32.2. The van der Waals surface area contributed by atoms with Crippen LogP contribution in [-0.2, 0) is 14.4 Å². The molecule has 0 spiro atoms. The van der Waals surface area contributed by atoms with Gasteiger partial charge in [-0.05, 0) is 31.5 Å². The molecule has 2 rings (SSSR count). The fourth-order valence-corrected chi connectivity index (χ4v) is 4.24. The van der Waals surface area contributed by atoms with Crippen LogP contribution in [-0.4, -0.2) is 65.0 Å². The van der Waals surface area contributed by atoms with Crippen LogP contribution >= 0.6 is 11.8 Å². The van der Waals surface area contributed by atoms with E-state index in [1.165, 1.54) is 16.7 Å². The third kappa shape index (κ3) is 7.02. The van der Waals surface area contributed by atoms with Crippen LogP contribution in [0.3, 0.4) is 0 Å². The van der Waals surface area contributed by atoms with Gasteiger partial charge in [-0.2, -0.15) is 0 Å². The molecule has 2 atom stereocenters. The first-order valence-corrected chi connectivity index (χ1v) is 10.8. The van der Waals surface area contributed by atoms with Crippen LogP contribution in [0.25, 0.3) is 0 Å². The molecule has 8 nitrogen and oxygen atoms in total. The Bertz CT molecular complexity index is 728. The molecular formula is C20H29N3O5S. The lowest BCUT2D eigenvalue weighted by Gasteiger charge is -2.26. The molecule has 9 heteroatoms. The molecule has 1 amide bonds. The number of hydrogen-bond acceptors (Lipinski definition) is 6. The van der Waals surface area contributed by atoms with E-state index in [2.05, 4.69) is 24.5 Å². The molecule has 0 aromatic heterocycles. The zero-order chi connectivity index (χ0) is 21.4. The minimum absolute atomic E-state index is 0.338. The average Bonchev–Trinajstić information content (AvgIpc) is 2.78. The molecule has 29 heavy (non-hydrogen) atoms. The zero-order valence-electron chi connectivity index (χ0n) is 16.8. The van der Waals surface area contributed by atoms with Crippen molar-refractivity contribution in [1.29, 1.82) is 0 Å². The Balaban J connectivity index is 2.06. The topological polar surface area (TPSA) is 119 Å². The summed E-state index contributed by atoms with van der Waals surface area (Å²) in [7, 11) is 0. The maximum atomic E-state index is 13.0. The molecule has 0 bridgehead atoms. The predicted molar refractivity (Wildman–Crippen MR) is 112 cm³/mol. The van der Waals surface area contributed by atoms with Crippen LogP contribution in [0.1, 0.15) is 33.1 Å². The smallest absolute Gasteiger partial charge is 0.323 e. The number of carbonyl (C=O) groups is 3. The maximum absolute atomic E-state index is 13.0. The van der Waals surface area contributed by atoms with E-state index in [1.807, 2.05) is 12.1 Å². The summed E-state index contributed by atoms with van der Waals surface area (Å²) in [6.45, 7) is 4.45. The molecule has 0 fully saturated rings. The molecule has 160 valence electrons. The van der Waals surface area contributed by atoms with Gasteiger partial charge in [0.1, 0.15) is 12.6 Å². The van der Waals surface area contributed by atoms with Gasteiger partial charge in [0.2, 0.25) is 5.91 Å². The van der Waals surface area contributed by atoms with Gasteiger partial charge in [-0.15, -0.1) is 11.8 Å². The maximum Gasteiger partial charge on any atom is 0.323 e. The summed E-state index contributed by atoms with van der Waals surface area (Å²) in [5.74, 6) is -2.21. The van der Waals surface area contributed by atoms with E-state index in [-0.39, 0.29) is 0 Å². The minimum atomic E-state index is -1.12. The lowest BCUT2D eigenvalue weighted by atomic mass is 10.1. The third-order valence-corrected chi connectivity index (χ3v) is 5.75. The minimum Gasteiger partial charge on any atom is -0.480 e. The van der Waals surface area contributed by atoms with Gasteiger partial charge in [-0.25, -0.2) is 0 Å². The summed E-state index contributed by atoms with van der Waals surface area (Å²) in [5, 5.41) is 25.1. The number of hydrogen-bond donors (Lipinski definition) is 4. The number of aliphatic carboxylic acids is 2. The summed E-state index contributed by atoms with van der Waals surface area (Å²) in [6, 6.07) is 5.86. The van der Waals surface area contributed by atoms with E-state index in [9.17, 15) is 24.6 Å². The van der Waals surface area contributed by atoms with Crippen molar-refractivity contribution in [3.63, 3.8) is 0 Å². The van der Waals surface area contributed by atoms with Gasteiger partial charge in [0.25, 0.3) is 0 Å². The highest BCUT2D eigenvalue weighted by Crippen LogP contribution is 2.34. The molecule has 0 aliphatic carbocycles. The van der Waals surface area contributed by atoms with Crippen LogP contribution in [0, 0.1) is 0 Å². The number of carboxylic acid groups (broad SMARTS) is 2. The number of carboxylic acids is 2. The molecule has 1 unspecified atom stereocenters. The van der Waals surface area contributed by atoms with Crippen LogP contribution < -0.4 is 15.5 Å². The van der Waals surface area contributed by atoms with Crippen molar-refractivity contribution in [2.45, 2.75) is 56.1 Å². The van der Waals surface area contributed by atoms with E-state index >= 15 is 0 Å². The number of amides is 1. The van der Waals surface area contributed by atoms with Crippen molar-refractivity contribution < 1.29 is 24.6 Å². The average molecular weight is 424 g/mol. The zero-order valence-corrected chi connectivity index (χ0v) is 17.6. The highest BCUT2D eigenvalue weighted by molar-refractivity contribution is 7.99. The van der Waals surface area contributed by atoms with E-state index < -0.39 is 36.5 Å². The summed E-state index contributed by atoms with van der Waals surface area (Å²) in [5.41, 5.74) is 0.542. The quantitative estimate of drug-likeness (QED) is 0.398. The van der Waals surface area contributed by atoms with Gasteiger partial charge >= 0.3 is 11.9 Å². The molecule has 0 saturated carbocycles. The van der Waals surface area contributed by atoms with Crippen LogP contribution in [0.15, 0.2) is 29.2 Å². The molecule has 1 heterocycles. The second kappa shape index (κ2) is 11.2. The first-order chi connectivity index (χ1) is 13.8. The molecule has 1 aromatic rings. The Morgan fingerprint density at radius 2 is 1.97 bits per heavy atom. The molecular weight excluding hydrogens is 394 g/mol. The van der Waals surface area contributed by atoms with E-state index in [1.54, 1.807) is 12.1 Å². The van der Waals surface area contributed by atoms with Crippen LogP contribution in [0.5, 0.6) is 0 Å². The van der Waals surface area contributed by atoms with Crippen LogP contribution in [0.4, 0.5) is 5.69 Å². The largest absolute Gasteiger partial charge is 0.480 e. The normalized spacial score (nSPS) is 17.7. The van der Waals surface area contributed by atoms with Gasteiger partial charge in [0.05, 0.1) is 11.7 Å². The Labute approximate surface area is 175 Å². The number of anilines is 1.